The predicted octanol–water partition coefficient (Wildman–Crippen LogP) is 2.18. The van der Waals surface area contributed by atoms with E-state index >= 15 is 0 Å². The van der Waals surface area contributed by atoms with Crippen molar-refractivity contribution in [3.63, 3.8) is 0 Å². The van der Waals surface area contributed by atoms with Gasteiger partial charge in [-0.15, -0.1) is 0 Å². The molecule has 1 aliphatic carbocycles. The summed E-state index contributed by atoms with van der Waals surface area (Å²) in [5, 5.41) is 17.4. The first-order valence-corrected chi connectivity index (χ1v) is 8.80. The van der Waals surface area contributed by atoms with E-state index in [0.29, 0.717) is 5.69 Å². The highest BCUT2D eigenvalue weighted by Gasteiger charge is 2.34. The second-order valence-corrected chi connectivity index (χ2v) is 7.44. The minimum absolute atomic E-state index is 0.0484. The summed E-state index contributed by atoms with van der Waals surface area (Å²) in [7, 11) is 1.90. The summed E-state index contributed by atoms with van der Waals surface area (Å²) in [4.78, 5) is 17.1. The molecule has 2 heterocycles. The van der Waals surface area contributed by atoms with Crippen LogP contribution in [0.25, 0.3) is 0 Å². The number of carbonyl (C=O) groups is 1. The molecule has 0 aromatic carbocycles. The van der Waals surface area contributed by atoms with Gasteiger partial charge in [0.05, 0.1) is 12.6 Å². The number of rotatable bonds is 5. The number of aliphatic hydroxyl groups is 1. The van der Waals surface area contributed by atoms with E-state index in [0.717, 1.165) is 42.5 Å². The Balaban J connectivity index is 1.91. The van der Waals surface area contributed by atoms with Gasteiger partial charge in [0.15, 0.2) is 5.69 Å². The lowest BCUT2D eigenvalue weighted by molar-refractivity contribution is 0.0802. The third-order valence-corrected chi connectivity index (χ3v) is 5.06. The van der Waals surface area contributed by atoms with Crippen molar-refractivity contribution in [2.24, 2.45) is 12.5 Å². The Morgan fingerprint density at radius 1 is 1.40 bits per heavy atom. The molecule has 2 N–H and O–H groups in total. The largest absolute Gasteiger partial charge is 0.396 e. The fraction of sp³-hybridized carbons (Fsp3) is 0.526. The van der Waals surface area contributed by atoms with Crippen LogP contribution in [0.1, 0.15) is 60.0 Å². The zero-order valence-electron chi connectivity index (χ0n) is 15.1. The summed E-state index contributed by atoms with van der Waals surface area (Å²) in [6, 6.07) is 3.41. The van der Waals surface area contributed by atoms with Crippen LogP contribution in [0.3, 0.4) is 0 Å². The molecule has 6 heteroatoms. The molecule has 2 aromatic heterocycles. The van der Waals surface area contributed by atoms with Crippen molar-refractivity contribution in [3.8, 4) is 0 Å². The van der Waals surface area contributed by atoms with Gasteiger partial charge in [-0.3, -0.25) is 14.5 Å². The second-order valence-electron chi connectivity index (χ2n) is 7.44. The zero-order valence-corrected chi connectivity index (χ0v) is 15.1. The van der Waals surface area contributed by atoms with Crippen LogP contribution in [0, 0.1) is 5.41 Å². The van der Waals surface area contributed by atoms with Crippen LogP contribution in [0.4, 0.5) is 0 Å². The molecular formula is C19H26N4O2. The maximum absolute atomic E-state index is 13.0. The minimum atomic E-state index is -0.520. The first kappa shape index (κ1) is 17.6. The van der Waals surface area contributed by atoms with Crippen LogP contribution < -0.4 is 5.32 Å². The summed E-state index contributed by atoms with van der Waals surface area (Å²) in [5.41, 5.74) is 3.10. The molecule has 0 radical (unpaired) electrons. The van der Waals surface area contributed by atoms with E-state index in [-0.39, 0.29) is 18.6 Å². The van der Waals surface area contributed by atoms with Gasteiger partial charge in [0.25, 0.3) is 5.91 Å². The van der Waals surface area contributed by atoms with Gasteiger partial charge in [-0.25, -0.2) is 0 Å². The summed E-state index contributed by atoms with van der Waals surface area (Å²) in [6.45, 7) is 3.81. The number of hydrogen-bond acceptors (Lipinski definition) is 4. The maximum atomic E-state index is 13.0. The summed E-state index contributed by atoms with van der Waals surface area (Å²) in [5.74, 6) is -0.186. The van der Waals surface area contributed by atoms with Crippen LogP contribution in [0.5, 0.6) is 0 Å². The number of hydrogen-bond donors (Lipinski definition) is 2. The molecule has 0 fully saturated rings. The van der Waals surface area contributed by atoms with Crippen molar-refractivity contribution in [1.82, 2.24) is 20.1 Å². The predicted molar refractivity (Wildman–Crippen MR) is 95.2 cm³/mol. The monoisotopic (exact) mass is 342 g/mol. The summed E-state index contributed by atoms with van der Waals surface area (Å²) >= 11 is 0. The third-order valence-electron chi connectivity index (χ3n) is 5.06. The van der Waals surface area contributed by atoms with Gasteiger partial charge < -0.3 is 10.4 Å². The van der Waals surface area contributed by atoms with Crippen molar-refractivity contribution in [1.29, 1.82) is 0 Å². The Kier molecular flexibility index (Phi) is 4.90. The number of amides is 1. The molecule has 0 aliphatic heterocycles. The molecule has 25 heavy (non-hydrogen) atoms. The molecular weight excluding hydrogens is 316 g/mol. The molecule has 0 saturated carbocycles. The molecule has 1 atom stereocenters. The number of carbonyl (C=O) groups excluding carboxylic acids is 1. The normalized spacial score (nSPS) is 15.5. The lowest BCUT2D eigenvalue weighted by atomic mass is 9.81. The highest BCUT2D eigenvalue weighted by Crippen LogP contribution is 2.33. The fourth-order valence-electron chi connectivity index (χ4n) is 3.52. The summed E-state index contributed by atoms with van der Waals surface area (Å²) in [6.07, 6.45) is 7.53. The van der Waals surface area contributed by atoms with Crippen molar-refractivity contribution in [3.05, 3.63) is 47.0 Å². The second kappa shape index (κ2) is 6.96. The molecule has 3 rings (SSSR count). The molecule has 0 bridgehead atoms. The number of aliphatic hydroxyl groups excluding tert-OH is 1. The Labute approximate surface area is 148 Å². The number of aromatic nitrogens is 3. The fourth-order valence-corrected chi connectivity index (χ4v) is 3.52. The quantitative estimate of drug-likeness (QED) is 0.873. The molecule has 0 spiro atoms. The van der Waals surface area contributed by atoms with Gasteiger partial charge in [0, 0.05) is 36.1 Å². The number of aryl methyl sites for hydroxylation is 1. The Morgan fingerprint density at radius 2 is 2.16 bits per heavy atom. The van der Waals surface area contributed by atoms with Crippen molar-refractivity contribution >= 4 is 5.91 Å². The third kappa shape index (κ3) is 3.44. The number of fused-ring (bicyclic) bond motifs is 1. The van der Waals surface area contributed by atoms with E-state index in [2.05, 4.69) is 15.4 Å². The van der Waals surface area contributed by atoms with E-state index in [1.54, 1.807) is 12.4 Å². The van der Waals surface area contributed by atoms with E-state index in [1.807, 2.05) is 37.7 Å². The van der Waals surface area contributed by atoms with E-state index in [9.17, 15) is 9.90 Å². The Hall–Kier alpha value is -2.21. The molecule has 134 valence electrons. The zero-order chi connectivity index (χ0) is 18.0. The Bertz CT molecular complexity index is 752. The van der Waals surface area contributed by atoms with E-state index in [1.165, 1.54) is 0 Å². The average molecular weight is 342 g/mol. The molecule has 6 nitrogen and oxygen atoms in total. The van der Waals surface area contributed by atoms with Gasteiger partial charge in [-0.2, -0.15) is 5.10 Å². The summed E-state index contributed by atoms with van der Waals surface area (Å²) < 4.78 is 1.83. The average Bonchev–Trinajstić information content (AvgIpc) is 2.97. The van der Waals surface area contributed by atoms with Gasteiger partial charge in [-0.1, -0.05) is 19.9 Å². The first-order valence-electron chi connectivity index (χ1n) is 8.80. The smallest absolute Gasteiger partial charge is 0.272 e. The van der Waals surface area contributed by atoms with Crippen LogP contribution in [0.2, 0.25) is 0 Å². The molecule has 1 amide bonds. The van der Waals surface area contributed by atoms with Crippen molar-refractivity contribution in [2.45, 2.75) is 45.6 Å². The molecule has 1 aliphatic rings. The topological polar surface area (TPSA) is 80.0 Å². The molecule has 0 saturated heterocycles. The highest BCUT2D eigenvalue weighted by atomic mass is 16.3. The maximum Gasteiger partial charge on any atom is 0.272 e. The van der Waals surface area contributed by atoms with Gasteiger partial charge >= 0.3 is 0 Å². The number of nitrogens with zero attached hydrogens (tertiary/aromatic N) is 3. The van der Waals surface area contributed by atoms with Crippen molar-refractivity contribution < 1.29 is 9.90 Å². The number of pyridine rings is 1. The van der Waals surface area contributed by atoms with Crippen LogP contribution in [-0.2, 0) is 19.9 Å². The van der Waals surface area contributed by atoms with Crippen LogP contribution in [-0.4, -0.2) is 32.4 Å². The standard InChI is InChI=1S/C19H26N4O2/c1-19(2,12-24)17(13-7-6-10-20-11-13)21-18(25)16-14-8-4-5-9-15(14)23(3)22-16/h6-7,10-11,17,24H,4-5,8-9,12H2,1-3H3,(H,21,25). The van der Waals surface area contributed by atoms with Gasteiger partial charge in [-0.05, 0) is 37.3 Å². The highest BCUT2D eigenvalue weighted by molar-refractivity contribution is 5.94. The minimum Gasteiger partial charge on any atom is -0.396 e. The SMILES string of the molecule is Cn1nc(C(=O)NC(c2cccnc2)C(C)(C)CO)c2c1CCCC2. The van der Waals surface area contributed by atoms with Gasteiger partial charge in [0.2, 0.25) is 0 Å². The Morgan fingerprint density at radius 3 is 2.84 bits per heavy atom. The van der Waals surface area contributed by atoms with Crippen LogP contribution >= 0.6 is 0 Å². The number of nitrogens with one attached hydrogen (secondary N) is 1. The lowest BCUT2D eigenvalue weighted by Crippen LogP contribution is -2.40. The molecule has 1 unspecified atom stereocenters. The molecule has 2 aromatic rings. The lowest BCUT2D eigenvalue weighted by Gasteiger charge is -2.33. The van der Waals surface area contributed by atoms with Crippen molar-refractivity contribution in [2.75, 3.05) is 6.61 Å². The first-order chi connectivity index (χ1) is 11.9. The van der Waals surface area contributed by atoms with E-state index in [4.69, 9.17) is 0 Å². The van der Waals surface area contributed by atoms with E-state index < -0.39 is 5.41 Å². The van der Waals surface area contributed by atoms with Gasteiger partial charge in [0.1, 0.15) is 0 Å². The van der Waals surface area contributed by atoms with Crippen LogP contribution in [0.15, 0.2) is 24.5 Å².